The standard InChI is InChI=1S/C9H12N2O/c1-8-5-6-11(10(8)2)9-4-3-7-12-9/h3-5,7H,6H2,1-2H3. The Hall–Kier alpha value is -1.38. The van der Waals surface area contributed by atoms with Crippen molar-refractivity contribution in [3.63, 3.8) is 0 Å². The van der Waals surface area contributed by atoms with Crippen molar-refractivity contribution in [1.82, 2.24) is 5.01 Å². The average Bonchev–Trinajstić information content (AvgIpc) is 2.64. The van der Waals surface area contributed by atoms with Crippen molar-refractivity contribution in [3.8, 4) is 0 Å². The minimum atomic E-state index is 0.894. The number of hydrogen-bond donors (Lipinski definition) is 0. The molecule has 1 aliphatic rings. The summed E-state index contributed by atoms with van der Waals surface area (Å²) < 4.78 is 5.29. The van der Waals surface area contributed by atoms with Crippen LogP contribution in [0.25, 0.3) is 0 Å². The maximum Gasteiger partial charge on any atom is 0.214 e. The highest BCUT2D eigenvalue weighted by Crippen LogP contribution is 2.22. The number of rotatable bonds is 1. The van der Waals surface area contributed by atoms with Crippen molar-refractivity contribution >= 4 is 5.88 Å². The summed E-state index contributed by atoms with van der Waals surface area (Å²) in [4.78, 5) is 0. The number of allylic oxidation sites excluding steroid dienone is 1. The Morgan fingerprint density at radius 2 is 2.33 bits per heavy atom. The second-order valence-electron chi connectivity index (χ2n) is 2.90. The van der Waals surface area contributed by atoms with Crippen LogP contribution in [-0.2, 0) is 0 Å². The van der Waals surface area contributed by atoms with E-state index in [4.69, 9.17) is 4.42 Å². The summed E-state index contributed by atoms with van der Waals surface area (Å²) >= 11 is 0. The van der Waals surface area contributed by atoms with Gasteiger partial charge in [-0.3, -0.25) is 10.0 Å². The quantitative estimate of drug-likeness (QED) is 0.631. The summed E-state index contributed by atoms with van der Waals surface area (Å²) in [6.45, 7) is 2.98. The fraction of sp³-hybridized carbons (Fsp3) is 0.333. The van der Waals surface area contributed by atoms with Crippen molar-refractivity contribution < 1.29 is 4.42 Å². The van der Waals surface area contributed by atoms with Gasteiger partial charge in [0, 0.05) is 18.8 Å². The SMILES string of the molecule is CC1=CCN(c2ccco2)N1C. The van der Waals surface area contributed by atoms with E-state index in [1.54, 1.807) is 6.26 Å². The summed E-state index contributed by atoms with van der Waals surface area (Å²) in [5.41, 5.74) is 1.26. The molecule has 0 saturated heterocycles. The summed E-state index contributed by atoms with van der Waals surface area (Å²) in [7, 11) is 2.03. The van der Waals surface area contributed by atoms with Gasteiger partial charge >= 0.3 is 0 Å². The van der Waals surface area contributed by atoms with E-state index < -0.39 is 0 Å². The van der Waals surface area contributed by atoms with Gasteiger partial charge in [-0.15, -0.1) is 0 Å². The van der Waals surface area contributed by atoms with Gasteiger partial charge < -0.3 is 4.42 Å². The average molecular weight is 164 g/mol. The molecule has 2 heterocycles. The van der Waals surface area contributed by atoms with E-state index in [-0.39, 0.29) is 0 Å². The molecule has 0 saturated carbocycles. The Labute approximate surface area is 71.8 Å². The Morgan fingerprint density at radius 3 is 2.83 bits per heavy atom. The number of nitrogens with zero attached hydrogens (tertiary/aromatic N) is 2. The van der Waals surface area contributed by atoms with Gasteiger partial charge in [-0.25, -0.2) is 0 Å². The minimum Gasteiger partial charge on any atom is -0.447 e. The first-order valence-electron chi connectivity index (χ1n) is 4.00. The van der Waals surface area contributed by atoms with Crippen LogP contribution in [0.3, 0.4) is 0 Å². The molecule has 0 aromatic carbocycles. The van der Waals surface area contributed by atoms with Crippen molar-refractivity contribution in [2.24, 2.45) is 0 Å². The Morgan fingerprint density at radius 1 is 1.50 bits per heavy atom. The molecule has 64 valence electrons. The van der Waals surface area contributed by atoms with Gasteiger partial charge in [-0.1, -0.05) is 0 Å². The van der Waals surface area contributed by atoms with Gasteiger partial charge in [0.05, 0.1) is 12.8 Å². The van der Waals surface area contributed by atoms with E-state index in [9.17, 15) is 0 Å². The largest absolute Gasteiger partial charge is 0.447 e. The maximum atomic E-state index is 5.29. The number of anilines is 1. The molecule has 1 aliphatic heterocycles. The summed E-state index contributed by atoms with van der Waals surface area (Å²) in [5.74, 6) is 0.894. The molecule has 12 heavy (non-hydrogen) atoms. The van der Waals surface area contributed by atoms with Crippen LogP contribution in [0.5, 0.6) is 0 Å². The predicted octanol–water partition coefficient (Wildman–Crippen LogP) is 1.85. The van der Waals surface area contributed by atoms with Crippen LogP contribution in [0.15, 0.2) is 34.6 Å². The highest BCUT2D eigenvalue weighted by molar-refractivity contribution is 5.38. The molecule has 0 amide bonds. The fourth-order valence-corrected chi connectivity index (χ4v) is 1.32. The first-order valence-corrected chi connectivity index (χ1v) is 4.00. The molecular weight excluding hydrogens is 152 g/mol. The second-order valence-corrected chi connectivity index (χ2v) is 2.90. The normalized spacial score (nSPS) is 17.0. The van der Waals surface area contributed by atoms with Crippen LogP contribution < -0.4 is 5.01 Å². The molecule has 1 aromatic heterocycles. The highest BCUT2D eigenvalue weighted by Gasteiger charge is 2.18. The monoisotopic (exact) mass is 164 g/mol. The summed E-state index contributed by atoms with van der Waals surface area (Å²) in [6, 6.07) is 3.86. The lowest BCUT2D eigenvalue weighted by Crippen LogP contribution is -2.33. The van der Waals surface area contributed by atoms with Gasteiger partial charge in [0.25, 0.3) is 0 Å². The molecule has 0 spiro atoms. The summed E-state index contributed by atoms with van der Waals surface area (Å²) in [5, 5.41) is 4.16. The van der Waals surface area contributed by atoms with E-state index >= 15 is 0 Å². The molecule has 1 aromatic rings. The number of hydrogen-bond acceptors (Lipinski definition) is 3. The van der Waals surface area contributed by atoms with Gasteiger partial charge in [0.1, 0.15) is 0 Å². The van der Waals surface area contributed by atoms with Crippen LogP contribution in [-0.4, -0.2) is 18.6 Å². The molecule has 0 fully saturated rings. The number of furan rings is 1. The molecule has 0 aliphatic carbocycles. The Balaban J connectivity index is 2.20. The zero-order valence-electron chi connectivity index (χ0n) is 7.32. The van der Waals surface area contributed by atoms with Crippen molar-refractivity contribution in [3.05, 3.63) is 30.2 Å². The molecular formula is C9H12N2O. The van der Waals surface area contributed by atoms with Gasteiger partial charge in [0.2, 0.25) is 5.88 Å². The lowest BCUT2D eigenvalue weighted by molar-refractivity contribution is 0.384. The molecule has 0 unspecified atom stereocenters. The maximum absolute atomic E-state index is 5.29. The lowest BCUT2D eigenvalue weighted by Gasteiger charge is -2.26. The fourth-order valence-electron chi connectivity index (χ4n) is 1.32. The minimum absolute atomic E-state index is 0.894. The third-order valence-electron chi connectivity index (χ3n) is 2.19. The molecule has 0 bridgehead atoms. The Kier molecular flexibility index (Phi) is 1.57. The summed E-state index contributed by atoms with van der Waals surface area (Å²) in [6.07, 6.45) is 3.86. The van der Waals surface area contributed by atoms with Gasteiger partial charge in [0.15, 0.2) is 0 Å². The molecule has 3 nitrogen and oxygen atoms in total. The van der Waals surface area contributed by atoms with Crippen LogP contribution >= 0.6 is 0 Å². The van der Waals surface area contributed by atoms with E-state index in [1.165, 1.54) is 5.70 Å². The van der Waals surface area contributed by atoms with E-state index in [0.29, 0.717) is 0 Å². The van der Waals surface area contributed by atoms with Crippen LogP contribution in [0, 0.1) is 0 Å². The van der Waals surface area contributed by atoms with Crippen LogP contribution in [0.4, 0.5) is 5.88 Å². The predicted molar refractivity (Wildman–Crippen MR) is 47.6 cm³/mol. The molecule has 3 heteroatoms. The number of hydrazine groups is 1. The third kappa shape index (κ3) is 0.978. The van der Waals surface area contributed by atoms with Gasteiger partial charge in [-0.05, 0) is 19.1 Å². The molecule has 0 N–H and O–H groups in total. The van der Waals surface area contributed by atoms with Crippen LogP contribution in [0.1, 0.15) is 6.92 Å². The first-order chi connectivity index (χ1) is 5.79. The Bertz CT molecular complexity index is 289. The third-order valence-corrected chi connectivity index (χ3v) is 2.19. The van der Waals surface area contributed by atoms with E-state index in [1.807, 2.05) is 19.2 Å². The molecule has 2 rings (SSSR count). The van der Waals surface area contributed by atoms with E-state index in [2.05, 4.69) is 23.0 Å². The van der Waals surface area contributed by atoms with E-state index in [0.717, 1.165) is 12.4 Å². The lowest BCUT2D eigenvalue weighted by atomic mass is 10.5. The smallest absolute Gasteiger partial charge is 0.214 e. The molecule has 0 atom stereocenters. The van der Waals surface area contributed by atoms with Crippen molar-refractivity contribution in [2.45, 2.75) is 6.92 Å². The topological polar surface area (TPSA) is 19.6 Å². The first kappa shape index (κ1) is 7.28. The van der Waals surface area contributed by atoms with Crippen molar-refractivity contribution in [2.75, 3.05) is 18.6 Å². The second kappa shape index (κ2) is 2.59. The zero-order valence-corrected chi connectivity index (χ0v) is 7.32. The van der Waals surface area contributed by atoms with Crippen LogP contribution in [0.2, 0.25) is 0 Å². The molecule has 0 radical (unpaired) electrons. The zero-order chi connectivity index (χ0) is 8.55. The van der Waals surface area contributed by atoms with Gasteiger partial charge in [-0.2, -0.15) is 0 Å². The highest BCUT2D eigenvalue weighted by atomic mass is 16.4. The van der Waals surface area contributed by atoms with Crippen molar-refractivity contribution in [1.29, 1.82) is 0 Å².